The molecule has 0 saturated heterocycles. The van der Waals surface area contributed by atoms with Gasteiger partial charge >= 0.3 is 6.18 Å². The van der Waals surface area contributed by atoms with Crippen molar-refractivity contribution in [2.24, 2.45) is 0 Å². The van der Waals surface area contributed by atoms with Crippen molar-refractivity contribution in [3.05, 3.63) is 46.6 Å². The Morgan fingerprint density at radius 2 is 1.95 bits per heavy atom. The number of hydrogen-bond donors (Lipinski definition) is 2. The van der Waals surface area contributed by atoms with Crippen LogP contribution in [0.2, 0.25) is 5.02 Å². The first-order chi connectivity index (χ1) is 9.27. The molecule has 0 aliphatic carbocycles. The van der Waals surface area contributed by atoms with Crippen LogP contribution in [0.4, 0.5) is 30.4 Å². The lowest BCUT2D eigenvalue weighted by Gasteiger charge is -2.12. The van der Waals surface area contributed by atoms with Gasteiger partial charge in [0, 0.05) is 0 Å². The van der Waals surface area contributed by atoms with Crippen molar-refractivity contribution in [3.8, 4) is 0 Å². The number of pyridine rings is 1. The molecule has 2 aromatic rings. The summed E-state index contributed by atoms with van der Waals surface area (Å²) in [6, 6.07) is 4.77. The van der Waals surface area contributed by atoms with Crippen LogP contribution >= 0.6 is 11.6 Å². The molecule has 1 heterocycles. The molecule has 0 radical (unpaired) electrons. The normalized spacial score (nSPS) is 11.4. The van der Waals surface area contributed by atoms with Gasteiger partial charge in [0.25, 0.3) is 0 Å². The van der Waals surface area contributed by atoms with Gasteiger partial charge in [-0.1, -0.05) is 11.6 Å². The summed E-state index contributed by atoms with van der Waals surface area (Å²) >= 11 is 5.84. The maximum atomic E-state index is 12.5. The number of alkyl halides is 3. The minimum Gasteiger partial charge on any atom is -0.397 e. The number of anilines is 3. The summed E-state index contributed by atoms with van der Waals surface area (Å²) in [5.41, 5.74) is 6.53. The number of nitrogen functional groups attached to an aromatic ring is 1. The summed E-state index contributed by atoms with van der Waals surface area (Å²) in [5.74, 6) is 0.457. The van der Waals surface area contributed by atoms with Gasteiger partial charge in [0.15, 0.2) is 0 Å². The largest absolute Gasteiger partial charge is 0.416 e. The van der Waals surface area contributed by atoms with Crippen LogP contribution in [-0.4, -0.2) is 4.98 Å². The Bertz CT molecular complexity index is 641. The van der Waals surface area contributed by atoms with E-state index in [0.29, 0.717) is 17.2 Å². The first kappa shape index (κ1) is 14.5. The van der Waals surface area contributed by atoms with Crippen LogP contribution in [0.15, 0.2) is 30.5 Å². The van der Waals surface area contributed by atoms with Gasteiger partial charge in [0.2, 0.25) is 0 Å². The van der Waals surface area contributed by atoms with Gasteiger partial charge in [-0.25, -0.2) is 4.98 Å². The molecule has 1 aromatic carbocycles. The van der Waals surface area contributed by atoms with Gasteiger partial charge in [0.05, 0.1) is 28.2 Å². The Labute approximate surface area is 118 Å². The molecule has 3 N–H and O–H groups in total. The molecule has 0 spiro atoms. The maximum Gasteiger partial charge on any atom is 0.416 e. The molecule has 0 fully saturated rings. The summed E-state index contributed by atoms with van der Waals surface area (Å²) in [6.07, 6.45) is -2.95. The molecule has 0 aliphatic heterocycles. The molecule has 0 saturated carbocycles. The fourth-order valence-electron chi connectivity index (χ4n) is 1.57. The minimum absolute atomic E-state index is 0.0314. The smallest absolute Gasteiger partial charge is 0.397 e. The third-order valence-corrected chi connectivity index (χ3v) is 3.02. The van der Waals surface area contributed by atoms with Crippen molar-refractivity contribution >= 4 is 28.8 Å². The van der Waals surface area contributed by atoms with Gasteiger partial charge in [-0.2, -0.15) is 13.2 Å². The molecular formula is C13H11ClF3N3. The Kier molecular flexibility index (Phi) is 3.76. The Morgan fingerprint density at radius 3 is 2.50 bits per heavy atom. The third-order valence-electron chi connectivity index (χ3n) is 2.71. The average Bonchev–Trinajstić information content (AvgIpc) is 2.35. The predicted octanol–water partition coefficient (Wildman–Crippen LogP) is 4.39. The lowest BCUT2D eigenvalue weighted by molar-refractivity contribution is -0.137. The average molecular weight is 302 g/mol. The van der Waals surface area contributed by atoms with Crippen LogP contribution in [0.25, 0.3) is 0 Å². The van der Waals surface area contributed by atoms with Crippen molar-refractivity contribution < 1.29 is 13.2 Å². The number of aryl methyl sites for hydroxylation is 1. The van der Waals surface area contributed by atoms with Crippen molar-refractivity contribution in [2.45, 2.75) is 13.1 Å². The first-order valence-corrected chi connectivity index (χ1v) is 6.01. The van der Waals surface area contributed by atoms with E-state index in [-0.39, 0.29) is 5.02 Å². The number of nitrogens with two attached hydrogens (primary N) is 1. The predicted molar refractivity (Wildman–Crippen MR) is 73.1 cm³/mol. The van der Waals surface area contributed by atoms with Crippen molar-refractivity contribution in [1.29, 1.82) is 0 Å². The van der Waals surface area contributed by atoms with E-state index in [2.05, 4.69) is 10.3 Å². The molecule has 2 rings (SSSR count). The standard InChI is InChI=1S/C13H11ClF3N3/c1-7-4-12(19-6-10(7)18)20-11-3-2-8(5-9(11)14)13(15,16)17/h2-6H,18H2,1H3,(H,19,20). The van der Waals surface area contributed by atoms with Crippen LogP contribution in [-0.2, 0) is 6.18 Å². The Hall–Kier alpha value is -1.95. The monoisotopic (exact) mass is 301 g/mol. The van der Waals surface area contributed by atoms with Gasteiger partial charge < -0.3 is 11.1 Å². The molecule has 0 bridgehead atoms. The number of nitrogens with zero attached hydrogens (tertiary/aromatic N) is 1. The molecule has 106 valence electrons. The van der Waals surface area contributed by atoms with Gasteiger partial charge in [-0.3, -0.25) is 0 Å². The third kappa shape index (κ3) is 3.14. The van der Waals surface area contributed by atoms with E-state index in [9.17, 15) is 13.2 Å². The second-order valence-corrected chi connectivity index (χ2v) is 4.65. The van der Waals surface area contributed by atoms with Crippen LogP contribution in [0, 0.1) is 6.92 Å². The highest BCUT2D eigenvalue weighted by Crippen LogP contribution is 2.34. The highest BCUT2D eigenvalue weighted by atomic mass is 35.5. The fraction of sp³-hybridized carbons (Fsp3) is 0.154. The summed E-state index contributed by atoms with van der Waals surface area (Å²) in [5, 5.41) is 2.82. The molecule has 0 aliphatic rings. The number of nitrogens with one attached hydrogen (secondary N) is 1. The zero-order valence-corrected chi connectivity index (χ0v) is 11.2. The second-order valence-electron chi connectivity index (χ2n) is 4.24. The number of halogens is 4. The Balaban J connectivity index is 2.28. The number of hydrogen-bond acceptors (Lipinski definition) is 3. The summed E-state index contributed by atoms with van der Waals surface area (Å²) in [6.45, 7) is 1.80. The molecule has 3 nitrogen and oxygen atoms in total. The second kappa shape index (κ2) is 5.20. The van der Waals surface area contributed by atoms with E-state index in [0.717, 1.165) is 17.7 Å². The van der Waals surface area contributed by atoms with E-state index in [4.69, 9.17) is 17.3 Å². The molecular weight excluding hydrogens is 291 g/mol. The van der Waals surface area contributed by atoms with Crippen molar-refractivity contribution in [2.75, 3.05) is 11.1 Å². The number of benzene rings is 1. The first-order valence-electron chi connectivity index (χ1n) is 5.63. The van der Waals surface area contributed by atoms with Crippen molar-refractivity contribution in [1.82, 2.24) is 4.98 Å². The summed E-state index contributed by atoms with van der Waals surface area (Å²) in [7, 11) is 0. The van der Waals surface area contributed by atoms with Crippen LogP contribution in [0.5, 0.6) is 0 Å². The zero-order chi connectivity index (χ0) is 14.9. The van der Waals surface area contributed by atoms with E-state index in [1.54, 1.807) is 13.0 Å². The maximum absolute atomic E-state index is 12.5. The van der Waals surface area contributed by atoms with Crippen molar-refractivity contribution in [3.63, 3.8) is 0 Å². The van der Waals surface area contributed by atoms with E-state index < -0.39 is 11.7 Å². The van der Waals surface area contributed by atoms with Crippen LogP contribution < -0.4 is 11.1 Å². The topological polar surface area (TPSA) is 50.9 Å². The lowest BCUT2D eigenvalue weighted by Crippen LogP contribution is -2.05. The van der Waals surface area contributed by atoms with Crippen LogP contribution in [0.3, 0.4) is 0 Å². The highest BCUT2D eigenvalue weighted by Gasteiger charge is 2.30. The fourth-order valence-corrected chi connectivity index (χ4v) is 1.79. The molecule has 0 unspecified atom stereocenters. The highest BCUT2D eigenvalue weighted by molar-refractivity contribution is 6.33. The number of aromatic nitrogens is 1. The summed E-state index contributed by atoms with van der Waals surface area (Å²) < 4.78 is 37.6. The Morgan fingerprint density at radius 1 is 1.25 bits per heavy atom. The SMILES string of the molecule is Cc1cc(Nc2ccc(C(F)(F)F)cc2Cl)ncc1N. The van der Waals surface area contributed by atoms with Gasteiger partial charge in [0.1, 0.15) is 5.82 Å². The molecule has 0 amide bonds. The van der Waals surface area contributed by atoms with Gasteiger partial charge in [-0.05, 0) is 36.8 Å². The number of rotatable bonds is 2. The zero-order valence-electron chi connectivity index (χ0n) is 10.4. The van der Waals surface area contributed by atoms with Crippen LogP contribution in [0.1, 0.15) is 11.1 Å². The quantitative estimate of drug-likeness (QED) is 0.865. The molecule has 1 aromatic heterocycles. The molecule has 20 heavy (non-hydrogen) atoms. The van der Waals surface area contributed by atoms with Gasteiger partial charge in [-0.15, -0.1) is 0 Å². The molecule has 7 heteroatoms. The molecule has 0 atom stereocenters. The van der Waals surface area contributed by atoms with E-state index in [1.807, 2.05) is 0 Å². The summed E-state index contributed by atoms with van der Waals surface area (Å²) in [4.78, 5) is 4.03. The minimum atomic E-state index is -4.42. The lowest BCUT2D eigenvalue weighted by atomic mass is 10.2. The van der Waals surface area contributed by atoms with E-state index in [1.165, 1.54) is 12.3 Å². The van der Waals surface area contributed by atoms with E-state index >= 15 is 0 Å².